The Bertz CT molecular complexity index is 238. The average Bonchev–Trinajstić information content (AvgIpc) is 2.35. The minimum atomic E-state index is -0.0274. The SMILES string of the molecule is CC(C(=O)N(C)C)N1CCC(OCCN)CC1. The summed E-state index contributed by atoms with van der Waals surface area (Å²) in [6.45, 7) is 5.04. The van der Waals surface area contributed by atoms with E-state index < -0.39 is 0 Å². The van der Waals surface area contributed by atoms with Gasteiger partial charge in [-0.1, -0.05) is 0 Å². The van der Waals surface area contributed by atoms with Gasteiger partial charge in [0.25, 0.3) is 0 Å². The molecule has 5 nitrogen and oxygen atoms in total. The van der Waals surface area contributed by atoms with E-state index in [0.29, 0.717) is 19.3 Å². The number of carbonyl (C=O) groups excluding carboxylic acids is 1. The Hall–Kier alpha value is -0.650. The first-order chi connectivity index (χ1) is 8.06. The third-order valence-electron chi connectivity index (χ3n) is 3.29. The van der Waals surface area contributed by atoms with Gasteiger partial charge >= 0.3 is 0 Å². The van der Waals surface area contributed by atoms with Crippen molar-refractivity contribution in [1.82, 2.24) is 9.80 Å². The fourth-order valence-electron chi connectivity index (χ4n) is 2.19. The minimum absolute atomic E-state index is 0.0274. The van der Waals surface area contributed by atoms with Crippen LogP contribution in [0.5, 0.6) is 0 Å². The Kier molecular flexibility index (Phi) is 5.88. The van der Waals surface area contributed by atoms with Gasteiger partial charge in [0.1, 0.15) is 0 Å². The fourth-order valence-corrected chi connectivity index (χ4v) is 2.19. The van der Waals surface area contributed by atoms with E-state index in [1.54, 1.807) is 19.0 Å². The van der Waals surface area contributed by atoms with Gasteiger partial charge in [0.05, 0.1) is 18.8 Å². The van der Waals surface area contributed by atoms with Gasteiger partial charge in [-0.3, -0.25) is 9.69 Å². The smallest absolute Gasteiger partial charge is 0.239 e. The lowest BCUT2D eigenvalue weighted by molar-refractivity contribution is -0.134. The Balaban J connectivity index is 2.33. The lowest BCUT2D eigenvalue weighted by Gasteiger charge is -2.36. The molecule has 17 heavy (non-hydrogen) atoms. The summed E-state index contributed by atoms with van der Waals surface area (Å²) in [6.07, 6.45) is 2.30. The summed E-state index contributed by atoms with van der Waals surface area (Å²) < 4.78 is 5.62. The quantitative estimate of drug-likeness (QED) is 0.733. The Labute approximate surface area is 104 Å². The zero-order valence-corrected chi connectivity index (χ0v) is 11.2. The summed E-state index contributed by atoms with van der Waals surface area (Å²) in [7, 11) is 3.60. The van der Waals surface area contributed by atoms with Crippen LogP contribution in [0.25, 0.3) is 0 Å². The second kappa shape index (κ2) is 6.93. The van der Waals surface area contributed by atoms with Crippen LogP contribution >= 0.6 is 0 Å². The van der Waals surface area contributed by atoms with Crippen molar-refractivity contribution in [3.8, 4) is 0 Å². The van der Waals surface area contributed by atoms with E-state index in [1.165, 1.54) is 0 Å². The summed E-state index contributed by atoms with van der Waals surface area (Å²) in [5.74, 6) is 0.173. The second-order valence-electron chi connectivity index (χ2n) is 4.80. The molecule has 0 spiro atoms. The van der Waals surface area contributed by atoms with Crippen LogP contribution in [0.1, 0.15) is 19.8 Å². The monoisotopic (exact) mass is 243 g/mol. The van der Waals surface area contributed by atoms with Crippen molar-refractivity contribution >= 4 is 5.91 Å². The summed E-state index contributed by atoms with van der Waals surface area (Å²) >= 11 is 0. The lowest BCUT2D eigenvalue weighted by Crippen LogP contribution is -2.49. The summed E-state index contributed by atoms with van der Waals surface area (Å²) in [6, 6.07) is -0.0274. The van der Waals surface area contributed by atoms with E-state index in [4.69, 9.17) is 10.5 Å². The van der Waals surface area contributed by atoms with Crippen molar-refractivity contribution in [2.24, 2.45) is 5.73 Å². The number of hydrogen-bond acceptors (Lipinski definition) is 4. The van der Waals surface area contributed by atoms with Gasteiger partial charge < -0.3 is 15.4 Å². The molecule has 0 radical (unpaired) electrons. The lowest BCUT2D eigenvalue weighted by atomic mass is 10.1. The first kappa shape index (κ1) is 14.4. The van der Waals surface area contributed by atoms with Crippen LogP contribution in [0.15, 0.2) is 0 Å². The van der Waals surface area contributed by atoms with E-state index in [2.05, 4.69) is 4.90 Å². The zero-order valence-electron chi connectivity index (χ0n) is 11.2. The van der Waals surface area contributed by atoms with Crippen molar-refractivity contribution in [3.05, 3.63) is 0 Å². The third kappa shape index (κ3) is 4.26. The average molecular weight is 243 g/mol. The van der Waals surface area contributed by atoms with E-state index in [1.807, 2.05) is 6.92 Å². The molecule has 1 heterocycles. The van der Waals surface area contributed by atoms with Crippen LogP contribution in [-0.4, -0.2) is 68.2 Å². The zero-order chi connectivity index (χ0) is 12.8. The van der Waals surface area contributed by atoms with Crippen LogP contribution in [0.4, 0.5) is 0 Å². The molecule has 1 fully saturated rings. The second-order valence-corrected chi connectivity index (χ2v) is 4.80. The van der Waals surface area contributed by atoms with Crippen LogP contribution in [-0.2, 0) is 9.53 Å². The highest BCUT2D eigenvalue weighted by Gasteiger charge is 2.27. The first-order valence-electron chi connectivity index (χ1n) is 6.33. The maximum atomic E-state index is 11.8. The summed E-state index contributed by atoms with van der Waals surface area (Å²) in [5.41, 5.74) is 5.41. The molecule has 0 bridgehead atoms. The maximum absolute atomic E-state index is 11.8. The number of ether oxygens (including phenoxy) is 1. The number of hydrogen-bond donors (Lipinski definition) is 1. The molecule has 1 atom stereocenters. The molecule has 0 aromatic rings. The number of rotatable bonds is 5. The van der Waals surface area contributed by atoms with Crippen molar-refractivity contribution in [2.75, 3.05) is 40.3 Å². The van der Waals surface area contributed by atoms with Gasteiger partial charge in [-0.2, -0.15) is 0 Å². The molecular weight excluding hydrogens is 218 g/mol. The van der Waals surface area contributed by atoms with Gasteiger partial charge in [0.15, 0.2) is 0 Å². The van der Waals surface area contributed by atoms with Gasteiger partial charge in [-0.05, 0) is 19.8 Å². The van der Waals surface area contributed by atoms with Crippen molar-refractivity contribution in [2.45, 2.75) is 31.9 Å². The van der Waals surface area contributed by atoms with Gasteiger partial charge in [0.2, 0.25) is 5.91 Å². The molecule has 1 saturated heterocycles. The van der Waals surface area contributed by atoms with Crippen molar-refractivity contribution in [3.63, 3.8) is 0 Å². The minimum Gasteiger partial charge on any atom is -0.377 e. The predicted octanol–water partition coefficient (Wildman–Crippen LogP) is -0.0972. The highest BCUT2D eigenvalue weighted by atomic mass is 16.5. The standard InChI is InChI=1S/C12H25N3O2/c1-10(12(16)14(2)3)15-7-4-11(5-8-15)17-9-6-13/h10-11H,4-9,13H2,1-3H3. The molecule has 1 aliphatic rings. The number of nitrogens with zero attached hydrogens (tertiary/aromatic N) is 2. The fraction of sp³-hybridized carbons (Fsp3) is 0.917. The Morgan fingerprint density at radius 3 is 2.53 bits per heavy atom. The molecule has 0 aromatic carbocycles. The number of nitrogens with two attached hydrogens (primary N) is 1. The molecule has 1 unspecified atom stereocenters. The number of likely N-dealkylation sites (tertiary alicyclic amines) is 1. The summed E-state index contributed by atoms with van der Waals surface area (Å²) in [5, 5.41) is 0. The molecule has 1 aliphatic heterocycles. The molecule has 0 aromatic heterocycles. The molecule has 5 heteroatoms. The van der Waals surface area contributed by atoms with Gasteiger partial charge in [-0.15, -0.1) is 0 Å². The topological polar surface area (TPSA) is 58.8 Å². The molecule has 100 valence electrons. The number of amides is 1. The highest BCUT2D eigenvalue weighted by molar-refractivity contribution is 5.80. The van der Waals surface area contributed by atoms with Crippen LogP contribution in [0.3, 0.4) is 0 Å². The van der Waals surface area contributed by atoms with Gasteiger partial charge in [-0.25, -0.2) is 0 Å². The molecule has 2 N–H and O–H groups in total. The molecule has 0 saturated carbocycles. The summed E-state index contributed by atoms with van der Waals surface area (Å²) in [4.78, 5) is 15.7. The van der Waals surface area contributed by atoms with E-state index in [-0.39, 0.29) is 11.9 Å². The highest BCUT2D eigenvalue weighted by Crippen LogP contribution is 2.16. The molecule has 1 amide bonds. The van der Waals surface area contributed by atoms with Crippen LogP contribution in [0, 0.1) is 0 Å². The Morgan fingerprint density at radius 2 is 2.06 bits per heavy atom. The van der Waals surface area contributed by atoms with Crippen molar-refractivity contribution in [1.29, 1.82) is 0 Å². The molecule has 0 aliphatic carbocycles. The number of carbonyl (C=O) groups is 1. The van der Waals surface area contributed by atoms with E-state index in [0.717, 1.165) is 25.9 Å². The van der Waals surface area contributed by atoms with Crippen LogP contribution in [0.2, 0.25) is 0 Å². The Morgan fingerprint density at radius 1 is 1.47 bits per heavy atom. The molecular formula is C12H25N3O2. The van der Waals surface area contributed by atoms with E-state index in [9.17, 15) is 4.79 Å². The largest absolute Gasteiger partial charge is 0.377 e. The molecule has 1 rings (SSSR count). The maximum Gasteiger partial charge on any atom is 0.239 e. The first-order valence-corrected chi connectivity index (χ1v) is 6.33. The predicted molar refractivity (Wildman–Crippen MR) is 67.8 cm³/mol. The number of piperidine rings is 1. The van der Waals surface area contributed by atoms with Crippen molar-refractivity contribution < 1.29 is 9.53 Å². The number of likely N-dealkylation sites (N-methyl/N-ethyl adjacent to an activating group) is 1. The van der Waals surface area contributed by atoms with Gasteiger partial charge in [0, 0.05) is 33.7 Å². The normalized spacial score (nSPS) is 20.2. The van der Waals surface area contributed by atoms with Crippen LogP contribution < -0.4 is 5.73 Å². The van der Waals surface area contributed by atoms with E-state index >= 15 is 0 Å². The third-order valence-corrected chi connectivity index (χ3v) is 3.29.